The molecule has 0 saturated heterocycles. The molecule has 0 fully saturated rings. The second-order valence-electron chi connectivity index (χ2n) is 1.79. The Morgan fingerprint density at radius 1 is 1.80 bits per heavy atom. The van der Waals surface area contributed by atoms with E-state index in [0.29, 0.717) is 0 Å². The van der Waals surface area contributed by atoms with Crippen LogP contribution in [0.3, 0.4) is 0 Å². The van der Waals surface area contributed by atoms with E-state index in [1.54, 1.807) is 23.1 Å². The molecular weight excluding hydrogens is 182 g/mol. The Kier molecular flexibility index (Phi) is 2.82. The van der Waals surface area contributed by atoms with Gasteiger partial charge >= 0.3 is 0 Å². The molecule has 1 nitrogen and oxygen atoms in total. The molecule has 10 heavy (non-hydrogen) atoms. The second kappa shape index (κ2) is 3.46. The maximum absolute atomic E-state index is 5.05. The number of thiazole rings is 1. The minimum atomic E-state index is 0.887. The average Bonchev–Trinajstić information content (AvgIpc) is 2.34. The molecule has 1 aromatic heterocycles. The van der Waals surface area contributed by atoms with Crippen LogP contribution in [0.1, 0.15) is 10.7 Å². The monoisotopic (exact) mass is 189 g/mol. The lowest BCUT2D eigenvalue weighted by molar-refractivity contribution is 1.26. The zero-order chi connectivity index (χ0) is 7.56. The van der Waals surface area contributed by atoms with E-state index in [1.165, 1.54) is 0 Å². The van der Waals surface area contributed by atoms with E-state index in [2.05, 4.69) is 4.98 Å². The highest BCUT2D eigenvalue weighted by Crippen LogP contribution is 2.15. The van der Waals surface area contributed by atoms with Crippen molar-refractivity contribution in [2.45, 2.75) is 6.92 Å². The lowest BCUT2D eigenvalue weighted by Crippen LogP contribution is -1.87. The molecule has 0 amide bonds. The van der Waals surface area contributed by atoms with E-state index >= 15 is 0 Å². The summed E-state index contributed by atoms with van der Waals surface area (Å²) >= 11 is 8.23. The Morgan fingerprint density at radius 3 is 2.90 bits per heavy atom. The van der Waals surface area contributed by atoms with Gasteiger partial charge in [-0.1, -0.05) is 12.2 Å². The van der Waals surface area contributed by atoms with Gasteiger partial charge in [-0.15, -0.1) is 23.1 Å². The van der Waals surface area contributed by atoms with Crippen LogP contribution in [-0.2, 0) is 0 Å². The Balaban J connectivity index is 2.85. The molecule has 0 aromatic carbocycles. The summed E-state index contributed by atoms with van der Waals surface area (Å²) in [5.74, 6) is 0. The van der Waals surface area contributed by atoms with Crippen LogP contribution in [0, 0.1) is 6.92 Å². The second-order valence-corrected chi connectivity index (χ2v) is 4.13. The Morgan fingerprint density at radius 2 is 2.50 bits per heavy atom. The fraction of sp³-hybridized carbons (Fsp3) is 0.333. The highest BCUT2D eigenvalue weighted by atomic mass is 32.2. The zero-order valence-electron chi connectivity index (χ0n) is 5.75. The van der Waals surface area contributed by atoms with Gasteiger partial charge in [0.15, 0.2) is 0 Å². The summed E-state index contributed by atoms with van der Waals surface area (Å²) in [6.07, 6.45) is 1.97. The third kappa shape index (κ3) is 1.78. The Bertz CT molecular complexity index is 241. The van der Waals surface area contributed by atoms with Crippen LogP contribution < -0.4 is 0 Å². The van der Waals surface area contributed by atoms with Crippen LogP contribution in [0.2, 0.25) is 0 Å². The van der Waals surface area contributed by atoms with Gasteiger partial charge in [0.25, 0.3) is 0 Å². The molecular formula is C6H7NS3. The van der Waals surface area contributed by atoms with Gasteiger partial charge in [-0.25, -0.2) is 4.98 Å². The van der Waals surface area contributed by atoms with Crippen LogP contribution >= 0.6 is 35.3 Å². The first kappa shape index (κ1) is 8.17. The molecule has 0 spiro atoms. The van der Waals surface area contributed by atoms with Gasteiger partial charge in [0.2, 0.25) is 0 Å². The maximum Gasteiger partial charge on any atom is 0.140 e. The number of hydrogen-bond donors (Lipinski definition) is 0. The van der Waals surface area contributed by atoms with Crippen molar-refractivity contribution in [3.8, 4) is 0 Å². The Labute approximate surface area is 73.9 Å². The van der Waals surface area contributed by atoms with Gasteiger partial charge in [0.1, 0.15) is 9.20 Å². The van der Waals surface area contributed by atoms with Crippen LogP contribution in [-0.4, -0.2) is 15.4 Å². The van der Waals surface area contributed by atoms with Crippen LogP contribution in [0.25, 0.3) is 0 Å². The highest BCUT2D eigenvalue weighted by molar-refractivity contribution is 8.23. The van der Waals surface area contributed by atoms with Crippen molar-refractivity contribution in [2.75, 3.05) is 6.26 Å². The predicted octanol–water partition coefficient (Wildman–Crippen LogP) is 2.49. The maximum atomic E-state index is 5.05. The van der Waals surface area contributed by atoms with Crippen LogP contribution in [0.5, 0.6) is 0 Å². The van der Waals surface area contributed by atoms with Crippen molar-refractivity contribution in [3.05, 3.63) is 16.1 Å². The standard InChI is InChI=1S/C6H7NS3/c1-4-3-10-5(7-4)6(8)9-2/h3H,1-2H3. The molecule has 54 valence electrons. The van der Waals surface area contributed by atoms with Gasteiger partial charge < -0.3 is 0 Å². The fourth-order valence-corrected chi connectivity index (χ4v) is 1.97. The topological polar surface area (TPSA) is 12.9 Å². The first-order valence-corrected chi connectivity index (χ1v) is 5.25. The van der Waals surface area contributed by atoms with Gasteiger partial charge in [-0.2, -0.15) is 0 Å². The number of thioether (sulfide) groups is 1. The number of rotatable bonds is 1. The van der Waals surface area contributed by atoms with E-state index < -0.39 is 0 Å². The van der Waals surface area contributed by atoms with Gasteiger partial charge in [-0.05, 0) is 13.2 Å². The predicted molar refractivity (Wildman–Crippen MR) is 52.1 cm³/mol. The highest BCUT2D eigenvalue weighted by Gasteiger charge is 2.02. The lowest BCUT2D eigenvalue weighted by atomic mass is 10.6. The summed E-state index contributed by atoms with van der Waals surface area (Å²) in [7, 11) is 0. The number of thiocarbonyl (C=S) groups is 1. The summed E-state index contributed by atoms with van der Waals surface area (Å²) in [4.78, 5) is 4.24. The largest absolute Gasteiger partial charge is 0.240 e. The molecule has 0 bridgehead atoms. The molecule has 0 N–H and O–H groups in total. The molecule has 0 aliphatic carbocycles. The quantitative estimate of drug-likeness (QED) is 0.630. The van der Waals surface area contributed by atoms with Crippen molar-refractivity contribution < 1.29 is 0 Å². The third-order valence-corrected chi connectivity index (χ3v) is 3.47. The number of aryl methyl sites for hydroxylation is 1. The molecule has 0 saturated carbocycles. The average molecular weight is 189 g/mol. The number of hydrogen-bond acceptors (Lipinski definition) is 4. The summed E-state index contributed by atoms with van der Waals surface area (Å²) in [5, 5.41) is 2.98. The summed E-state index contributed by atoms with van der Waals surface area (Å²) < 4.78 is 0.887. The molecule has 4 heteroatoms. The minimum absolute atomic E-state index is 0.887. The molecule has 0 unspecified atom stereocenters. The SMILES string of the molecule is CSC(=S)c1nc(C)cs1. The van der Waals surface area contributed by atoms with Crippen molar-refractivity contribution >= 4 is 39.5 Å². The molecule has 1 aromatic rings. The van der Waals surface area contributed by atoms with Gasteiger partial charge in [0, 0.05) is 11.1 Å². The summed E-state index contributed by atoms with van der Waals surface area (Å²) in [6, 6.07) is 0. The van der Waals surface area contributed by atoms with Crippen molar-refractivity contribution in [1.29, 1.82) is 0 Å². The zero-order valence-corrected chi connectivity index (χ0v) is 8.20. The van der Waals surface area contributed by atoms with Crippen LogP contribution in [0.15, 0.2) is 5.38 Å². The first-order valence-electron chi connectivity index (χ1n) is 2.74. The Hall–Kier alpha value is 0.0700. The molecule has 1 heterocycles. The van der Waals surface area contributed by atoms with Crippen molar-refractivity contribution in [2.24, 2.45) is 0 Å². The summed E-state index contributed by atoms with van der Waals surface area (Å²) in [6.45, 7) is 1.98. The van der Waals surface area contributed by atoms with Crippen LogP contribution in [0.4, 0.5) is 0 Å². The lowest BCUT2D eigenvalue weighted by Gasteiger charge is -1.89. The molecule has 0 aliphatic heterocycles. The minimum Gasteiger partial charge on any atom is -0.240 e. The normalized spacial score (nSPS) is 9.80. The van der Waals surface area contributed by atoms with E-state index in [4.69, 9.17) is 12.2 Å². The van der Waals surface area contributed by atoms with Crippen molar-refractivity contribution in [3.63, 3.8) is 0 Å². The van der Waals surface area contributed by atoms with E-state index in [-0.39, 0.29) is 0 Å². The fourth-order valence-electron chi connectivity index (χ4n) is 0.535. The van der Waals surface area contributed by atoms with E-state index in [9.17, 15) is 0 Å². The molecule has 1 rings (SSSR count). The van der Waals surface area contributed by atoms with Gasteiger partial charge in [-0.3, -0.25) is 0 Å². The molecule has 0 radical (unpaired) electrons. The molecule has 0 atom stereocenters. The summed E-state index contributed by atoms with van der Waals surface area (Å²) in [5.41, 5.74) is 1.05. The third-order valence-electron chi connectivity index (χ3n) is 0.979. The molecule has 0 aliphatic rings. The van der Waals surface area contributed by atoms with Crippen molar-refractivity contribution in [1.82, 2.24) is 4.98 Å². The first-order chi connectivity index (χ1) is 4.74. The number of aromatic nitrogens is 1. The van der Waals surface area contributed by atoms with E-state index in [0.717, 1.165) is 14.9 Å². The van der Waals surface area contributed by atoms with E-state index in [1.807, 2.05) is 18.6 Å². The number of nitrogens with zero attached hydrogens (tertiary/aromatic N) is 1. The smallest absolute Gasteiger partial charge is 0.140 e. The van der Waals surface area contributed by atoms with Gasteiger partial charge in [0.05, 0.1) is 0 Å².